The first-order valence-electron chi connectivity index (χ1n) is 10.8. The first-order valence-corrected chi connectivity index (χ1v) is 10.8. The summed E-state index contributed by atoms with van der Waals surface area (Å²) in [6, 6.07) is 12.3. The largest absolute Gasteiger partial charge is 0.486 e. The van der Waals surface area contributed by atoms with Gasteiger partial charge in [0, 0.05) is 6.54 Å². The number of piperidine rings is 1. The summed E-state index contributed by atoms with van der Waals surface area (Å²) >= 11 is 0. The molecule has 3 heterocycles. The Labute approximate surface area is 177 Å². The van der Waals surface area contributed by atoms with Crippen molar-refractivity contribution in [3.8, 4) is 17.2 Å². The molecule has 1 unspecified atom stereocenters. The monoisotopic (exact) mass is 408 g/mol. The van der Waals surface area contributed by atoms with Crippen molar-refractivity contribution in [3.63, 3.8) is 0 Å². The fourth-order valence-corrected chi connectivity index (χ4v) is 4.56. The molecule has 0 bridgehead atoms. The van der Waals surface area contributed by atoms with Crippen LogP contribution in [0.2, 0.25) is 0 Å². The van der Waals surface area contributed by atoms with Gasteiger partial charge < -0.3 is 19.5 Å². The van der Waals surface area contributed by atoms with E-state index >= 15 is 0 Å². The van der Waals surface area contributed by atoms with Crippen LogP contribution in [0.4, 0.5) is 5.69 Å². The van der Waals surface area contributed by atoms with Crippen molar-refractivity contribution in [1.29, 1.82) is 0 Å². The first-order chi connectivity index (χ1) is 14.6. The second-order valence-electron chi connectivity index (χ2n) is 8.62. The third-order valence-corrected chi connectivity index (χ3v) is 6.19. The van der Waals surface area contributed by atoms with Crippen molar-refractivity contribution in [3.05, 3.63) is 47.5 Å². The Morgan fingerprint density at radius 1 is 1.03 bits per heavy atom. The fourth-order valence-electron chi connectivity index (χ4n) is 4.56. The van der Waals surface area contributed by atoms with E-state index in [1.165, 1.54) is 24.0 Å². The van der Waals surface area contributed by atoms with E-state index in [0.717, 1.165) is 49.0 Å². The number of ether oxygens (including phenoxy) is 3. The van der Waals surface area contributed by atoms with Crippen molar-refractivity contribution < 1.29 is 19.0 Å². The molecule has 0 radical (unpaired) electrons. The van der Waals surface area contributed by atoms with E-state index in [1.807, 2.05) is 12.1 Å². The zero-order chi connectivity index (χ0) is 20.5. The molecular formula is C24H28N2O4. The molecule has 3 aliphatic rings. The van der Waals surface area contributed by atoms with Crippen LogP contribution in [0.15, 0.2) is 36.4 Å². The molecular weight excluding hydrogens is 380 g/mol. The van der Waals surface area contributed by atoms with E-state index in [9.17, 15) is 4.79 Å². The number of rotatable bonds is 4. The molecule has 0 aliphatic carbocycles. The number of carbonyl (C=O) groups is 1. The van der Waals surface area contributed by atoms with Gasteiger partial charge in [-0.15, -0.1) is 0 Å². The average molecular weight is 408 g/mol. The van der Waals surface area contributed by atoms with Crippen LogP contribution in [-0.4, -0.2) is 49.8 Å². The molecule has 6 nitrogen and oxygen atoms in total. The maximum Gasteiger partial charge on any atom is 0.262 e. The standard InChI is InChI=1S/C24H28N2O4/c1-16-2-4-22-23(10-16)30-19(14-28-22)13-26-8-6-17(7-9-26)11-18-3-5-21-20(12-18)25-24(27)15-29-21/h2-5,10,12,17,19H,6-9,11,13-15H2,1H3,(H,25,27). The summed E-state index contributed by atoms with van der Waals surface area (Å²) in [5, 5.41) is 2.90. The maximum absolute atomic E-state index is 11.6. The molecule has 1 atom stereocenters. The highest BCUT2D eigenvalue weighted by molar-refractivity contribution is 5.95. The fraction of sp³-hybridized carbons (Fsp3) is 0.458. The second-order valence-corrected chi connectivity index (χ2v) is 8.62. The van der Waals surface area contributed by atoms with Gasteiger partial charge in [-0.1, -0.05) is 12.1 Å². The highest BCUT2D eigenvalue weighted by Gasteiger charge is 2.26. The summed E-state index contributed by atoms with van der Waals surface area (Å²) in [4.78, 5) is 14.0. The van der Waals surface area contributed by atoms with E-state index in [2.05, 4.69) is 41.4 Å². The highest BCUT2D eigenvalue weighted by atomic mass is 16.6. The van der Waals surface area contributed by atoms with Crippen molar-refractivity contribution in [2.75, 3.05) is 38.2 Å². The molecule has 158 valence electrons. The van der Waals surface area contributed by atoms with Gasteiger partial charge in [0.25, 0.3) is 5.91 Å². The number of anilines is 1. The van der Waals surface area contributed by atoms with Gasteiger partial charge >= 0.3 is 0 Å². The number of aryl methyl sites for hydroxylation is 1. The summed E-state index contributed by atoms with van der Waals surface area (Å²) in [5.41, 5.74) is 3.24. The van der Waals surface area contributed by atoms with Gasteiger partial charge in [-0.2, -0.15) is 0 Å². The van der Waals surface area contributed by atoms with E-state index in [4.69, 9.17) is 14.2 Å². The normalized spacial score (nSPS) is 21.5. The van der Waals surface area contributed by atoms with Crippen LogP contribution in [-0.2, 0) is 11.2 Å². The van der Waals surface area contributed by atoms with Crippen LogP contribution in [0.1, 0.15) is 24.0 Å². The van der Waals surface area contributed by atoms with Crippen LogP contribution >= 0.6 is 0 Å². The van der Waals surface area contributed by atoms with Gasteiger partial charge in [-0.3, -0.25) is 9.69 Å². The molecule has 1 N–H and O–H groups in total. The molecule has 2 aromatic carbocycles. The van der Waals surface area contributed by atoms with Gasteiger partial charge in [0.1, 0.15) is 18.5 Å². The lowest BCUT2D eigenvalue weighted by Crippen LogP contribution is -2.44. The predicted molar refractivity (Wildman–Crippen MR) is 115 cm³/mol. The second kappa shape index (κ2) is 8.19. The summed E-state index contributed by atoms with van der Waals surface area (Å²) in [6.07, 6.45) is 3.46. The third-order valence-electron chi connectivity index (χ3n) is 6.19. The molecule has 1 saturated heterocycles. The minimum Gasteiger partial charge on any atom is -0.486 e. The van der Waals surface area contributed by atoms with Crippen molar-refractivity contribution in [2.45, 2.75) is 32.3 Å². The number of carbonyl (C=O) groups excluding carboxylic acids is 1. The number of hydrogen-bond donors (Lipinski definition) is 1. The summed E-state index contributed by atoms with van der Waals surface area (Å²) in [5.74, 6) is 3.05. The summed E-state index contributed by atoms with van der Waals surface area (Å²) < 4.78 is 17.5. The molecule has 0 aromatic heterocycles. The summed E-state index contributed by atoms with van der Waals surface area (Å²) in [7, 11) is 0. The molecule has 2 aromatic rings. The number of nitrogens with zero attached hydrogens (tertiary/aromatic N) is 1. The van der Waals surface area contributed by atoms with Crippen LogP contribution in [0.5, 0.6) is 17.2 Å². The van der Waals surface area contributed by atoms with Gasteiger partial charge in [0.15, 0.2) is 18.1 Å². The zero-order valence-corrected chi connectivity index (χ0v) is 17.4. The molecule has 0 saturated carbocycles. The predicted octanol–water partition coefficient (Wildman–Crippen LogP) is 3.42. The Morgan fingerprint density at radius 3 is 2.73 bits per heavy atom. The Hall–Kier alpha value is -2.73. The maximum atomic E-state index is 11.6. The Bertz CT molecular complexity index is 937. The molecule has 1 amide bonds. The average Bonchev–Trinajstić information content (AvgIpc) is 2.74. The van der Waals surface area contributed by atoms with Gasteiger partial charge in [0.05, 0.1) is 5.69 Å². The minimum absolute atomic E-state index is 0.0834. The van der Waals surface area contributed by atoms with E-state index in [1.54, 1.807) is 0 Å². The van der Waals surface area contributed by atoms with Crippen molar-refractivity contribution >= 4 is 11.6 Å². The lowest BCUT2D eigenvalue weighted by Gasteiger charge is -2.35. The van der Waals surface area contributed by atoms with Crippen molar-refractivity contribution in [2.24, 2.45) is 5.92 Å². The number of nitrogens with one attached hydrogen (secondary N) is 1. The summed E-state index contributed by atoms with van der Waals surface area (Å²) in [6.45, 7) is 5.85. The number of likely N-dealkylation sites (tertiary alicyclic amines) is 1. The molecule has 0 spiro atoms. The smallest absolute Gasteiger partial charge is 0.262 e. The number of amides is 1. The molecule has 1 fully saturated rings. The number of fused-ring (bicyclic) bond motifs is 2. The quantitative estimate of drug-likeness (QED) is 0.840. The van der Waals surface area contributed by atoms with Crippen LogP contribution in [0.3, 0.4) is 0 Å². The lowest BCUT2D eigenvalue weighted by molar-refractivity contribution is -0.118. The Balaban J connectivity index is 1.12. The molecule has 5 rings (SSSR count). The van der Waals surface area contributed by atoms with E-state index in [-0.39, 0.29) is 18.6 Å². The van der Waals surface area contributed by atoms with Crippen molar-refractivity contribution in [1.82, 2.24) is 4.90 Å². The van der Waals surface area contributed by atoms with Gasteiger partial charge in [0.2, 0.25) is 0 Å². The van der Waals surface area contributed by atoms with Gasteiger partial charge in [-0.05, 0) is 80.6 Å². The van der Waals surface area contributed by atoms with E-state index < -0.39 is 0 Å². The Morgan fingerprint density at radius 2 is 1.87 bits per heavy atom. The molecule has 6 heteroatoms. The highest BCUT2D eigenvalue weighted by Crippen LogP contribution is 2.33. The minimum atomic E-state index is -0.0837. The lowest BCUT2D eigenvalue weighted by atomic mass is 9.90. The van der Waals surface area contributed by atoms with Crippen LogP contribution < -0.4 is 19.5 Å². The number of hydrogen-bond acceptors (Lipinski definition) is 5. The van der Waals surface area contributed by atoms with E-state index in [0.29, 0.717) is 12.5 Å². The first kappa shape index (κ1) is 19.2. The molecule has 3 aliphatic heterocycles. The SMILES string of the molecule is Cc1ccc2c(c1)OC(CN1CCC(Cc3ccc4c(c3)NC(=O)CO4)CC1)CO2. The zero-order valence-electron chi connectivity index (χ0n) is 17.4. The number of benzene rings is 2. The topological polar surface area (TPSA) is 60.0 Å². The van der Waals surface area contributed by atoms with Gasteiger partial charge in [-0.25, -0.2) is 0 Å². The van der Waals surface area contributed by atoms with Crippen LogP contribution in [0.25, 0.3) is 0 Å². The Kier molecular flexibility index (Phi) is 5.25. The van der Waals surface area contributed by atoms with Crippen LogP contribution in [0, 0.1) is 12.8 Å². The third kappa shape index (κ3) is 4.24. The molecule has 30 heavy (non-hydrogen) atoms.